The number of Topliss-reactive ketones (excluding diaryl/α,β-unsaturated/α-hetero) is 1. The second kappa shape index (κ2) is 15.6. The number of unbranched alkanes of at least 4 members (excludes halogenated alkanes) is 2. The second-order valence-corrected chi connectivity index (χ2v) is 11.3. The van der Waals surface area contributed by atoms with Crippen LogP contribution in [0.3, 0.4) is 0 Å². The second-order valence-electron chi connectivity index (χ2n) is 10.4. The molecule has 1 saturated heterocycles. The minimum absolute atomic E-state index is 0.119. The first-order chi connectivity index (χ1) is 21.7. The molecule has 3 aromatic rings. The topological polar surface area (TPSA) is 124 Å². The van der Waals surface area contributed by atoms with E-state index in [1.807, 2.05) is 13.8 Å². The molecule has 1 aromatic heterocycles. The maximum atomic E-state index is 13.7. The fraction of sp³-hybridized carbons (Fsp3) is 0.412. The summed E-state index contributed by atoms with van der Waals surface area (Å²) in [7, 11) is 0. The van der Waals surface area contributed by atoms with E-state index in [-0.39, 0.29) is 27.9 Å². The van der Waals surface area contributed by atoms with Crippen LogP contribution >= 0.6 is 11.3 Å². The maximum absolute atomic E-state index is 13.7. The quantitative estimate of drug-likeness (QED) is 0.0617. The van der Waals surface area contributed by atoms with Gasteiger partial charge < -0.3 is 24.1 Å². The molecule has 11 heteroatoms. The number of aromatic nitrogens is 1. The molecule has 1 aliphatic rings. The van der Waals surface area contributed by atoms with Crippen molar-refractivity contribution in [2.45, 2.75) is 66.3 Å². The average Bonchev–Trinajstić information content (AvgIpc) is 3.55. The smallest absolute Gasteiger partial charge is 0.350 e. The van der Waals surface area contributed by atoms with E-state index >= 15 is 0 Å². The molecule has 0 aliphatic carbocycles. The lowest BCUT2D eigenvalue weighted by atomic mass is 9.95. The third-order valence-corrected chi connectivity index (χ3v) is 8.22. The summed E-state index contributed by atoms with van der Waals surface area (Å²) in [6, 6.07) is 10.8. The number of carbonyl (C=O) groups is 3. The number of anilines is 1. The first-order valence-electron chi connectivity index (χ1n) is 15.3. The third-order valence-electron chi connectivity index (χ3n) is 7.09. The molecular weight excluding hydrogens is 596 g/mol. The summed E-state index contributed by atoms with van der Waals surface area (Å²) >= 11 is 0.952. The van der Waals surface area contributed by atoms with Gasteiger partial charge in [0.05, 0.1) is 43.7 Å². The van der Waals surface area contributed by atoms with E-state index in [0.717, 1.165) is 37.0 Å². The Morgan fingerprint density at radius 3 is 2.33 bits per heavy atom. The lowest BCUT2D eigenvalue weighted by Gasteiger charge is -2.24. The molecule has 1 fully saturated rings. The fourth-order valence-corrected chi connectivity index (χ4v) is 5.90. The van der Waals surface area contributed by atoms with Gasteiger partial charge in [-0.2, -0.15) is 0 Å². The average molecular weight is 637 g/mol. The van der Waals surface area contributed by atoms with Gasteiger partial charge in [-0.25, -0.2) is 9.78 Å². The molecule has 2 aromatic carbocycles. The number of rotatable bonds is 15. The molecule has 1 unspecified atom stereocenters. The SMILES string of the molecule is CCCCCOc1ccc(C2/C(=C(\O)c3ccc(OCCC)cc3)C(=O)C(=O)N2c2nc(C)c(C(=O)OCC)s2)cc1OCC. The molecule has 0 radical (unpaired) electrons. The Morgan fingerprint density at radius 2 is 1.67 bits per heavy atom. The van der Waals surface area contributed by atoms with Gasteiger partial charge in [0.1, 0.15) is 16.4 Å². The zero-order chi connectivity index (χ0) is 32.5. The van der Waals surface area contributed by atoms with Crippen molar-refractivity contribution in [1.29, 1.82) is 0 Å². The van der Waals surface area contributed by atoms with Crippen LogP contribution in [-0.4, -0.2) is 54.2 Å². The standard InChI is InChI=1S/C34H40N2O8S/c1-6-10-11-19-44-25-17-14-23(20-26(25)41-8-3)28-27(29(37)22-12-15-24(16-13-22)43-18-7-2)30(38)32(39)36(28)34-35-21(5)31(45-34)33(40)42-9-4/h12-17,20,28,37H,6-11,18-19H2,1-5H3/b29-27+. The number of ether oxygens (including phenoxy) is 4. The first kappa shape index (κ1) is 33.5. The van der Waals surface area contributed by atoms with Gasteiger partial charge in [0.2, 0.25) is 0 Å². The van der Waals surface area contributed by atoms with Crippen LogP contribution in [-0.2, 0) is 14.3 Å². The number of benzene rings is 2. The number of nitrogens with zero attached hydrogens (tertiary/aromatic N) is 2. The lowest BCUT2D eigenvalue weighted by molar-refractivity contribution is -0.132. The number of esters is 1. The van der Waals surface area contributed by atoms with Crippen LogP contribution in [0.15, 0.2) is 48.0 Å². The lowest BCUT2D eigenvalue weighted by Crippen LogP contribution is -2.29. The first-order valence-corrected chi connectivity index (χ1v) is 16.1. The van der Waals surface area contributed by atoms with Crippen molar-refractivity contribution in [2.75, 3.05) is 31.3 Å². The molecule has 0 bridgehead atoms. The van der Waals surface area contributed by atoms with Crippen molar-refractivity contribution in [3.05, 3.63) is 69.7 Å². The number of carbonyl (C=O) groups excluding carboxylic acids is 3. The molecule has 2 heterocycles. The van der Waals surface area contributed by atoms with Crippen LogP contribution in [0.1, 0.15) is 85.9 Å². The van der Waals surface area contributed by atoms with E-state index in [1.54, 1.807) is 56.3 Å². The van der Waals surface area contributed by atoms with Gasteiger partial charge in [-0.15, -0.1) is 0 Å². The molecule has 1 amide bonds. The van der Waals surface area contributed by atoms with Gasteiger partial charge in [0.15, 0.2) is 16.6 Å². The Labute approximate surface area is 267 Å². The molecule has 1 N–H and O–H groups in total. The molecule has 240 valence electrons. The molecule has 0 saturated carbocycles. The maximum Gasteiger partial charge on any atom is 0.350 e. The van der Waals surface area contributed by atoms with Crippen LogP contribution in [0.2, 0.25) is 0 Å². The summed E-state index contributed by atoms with van der Waals surface area (Å²) in [6.45, 7) is 10.9. The van der Waals surface area contributed by atoms with E-state index in [9.17, 15) is 19.5 Å². The van der Waals surface area contributed by atoms with Crippen LogP contribution in [0.5, 0.6) is 17.2 Å². The van der Waals surface area contributed by atoms with E-state index in [2.05, 4.69) is 11.9 Å². The number of thiazole rings is 1. The van der Waals surface area contributed by atoms with Gasteiger partial charge in [-0.1, -0.05) is 44.1 Å². The highest BCUT2D eigenvalue weighted by molar-refractivity contribution is 7.17. The van der Waals surface area contributed by atoms with Crippen molar-refractivity contribution >= 4 is 39.9 Å². The molecular formula is C34H40N2O8S. The zero-order valence-corrected chi connectivity index (χ0v) is 27.2. The summed E-state index contributed by atoms with van der Waals surface area (Å²) in [6.07, 6.45) is 3.81. The fourth-order valence-electron chi connectivity index (χ4n) is 4.92. The van der Waals surface area contributed by atoms with Crippen molar-refractivity contribution in [1.82, 2.24) is 4.98 Å². The number of aliphatic hydroxyl groups excluding tert-OH is 1. The predicted octanol–water partition coefficient (Wildman–Crippen LogP) is 7.01. The highest BCUT2D eigenvalue weighted by Gasteiger charge is 2.48. The largest absolute Gasteiger partial charge is 0.507 e. The van der Waals surface area contributed by atoms with Crippen LogP contribution < -0.4 is 19.1 Å². The van der Waals surface area contributed by atoms with Crippen molar-refractivity contribution in [3.8, 4) is 17.2 Å². The predicted molar refractivity (Wildman–Crippen MR) is 172 cm³/mol. The van der Waals surface area contributed by atoms with Crippen molar-refractivity contribution < 1.29 is 38.4 Å². The monoisotopic (exact) mass is 636 g/mol. The number of hydrogen-bond donors (Lipinski definition) is 1. The molecule has 0 spiro atoms. The van der Waals surface area contributed by atoms with E-state index in [1.165, 1.54) is 4.90 Å². The van der Waals surface area contributed by atoms with Crippen LogP contribution in [0, 0.1) is 6.92 Å². The number of aliphatic hydroxyl groups is 1. The molecule has 10 nitrogen and oxygen atoms in total. The number of amides is 1. The van der Waals surface area contributed by atoms with Gasteiger partial charge in [-0.3, -0.25) is 14.5 Å². The highest BCUT2D eigenvalue weighted by Crippen LogP contribution is 2.45. The number of aryl methyl sites for hydroxylation is 1. The Morgan fingerprint density at radius 1 is 0.911 bits per heavy atom. The Kier molecular flexibility index (Phi) is 11.6. The zero-order valence-electron chi connectivity index (χ0n) is 26.4. The van der Waals surface area contributed by atoms with Crippen molar-refractivity contribution in [3.63, 3.8) is 0 Å². The molecule has 45 heavy (non-hydrogen) atoms. The summed E-state index contributed by atoms with van der Waals surface area (Å²) in [5.41, 5.74) is 1.08. The summed E-state index contributed by atoms with van der Waals surface area (Å²) in [5, 5.41) is 11.7. The number of ketones is 1. The van der Waals surface area contributed by atoms with E-state index in [0.29, 0.717) is 53.9 Å². The van der Waals surface area contributed by atoms with Crippen LogP contribution in [0.25, 0.3) is 5.76 Å². The van der Waals surface area contributed by atoms with Gasteiger partial charge in [-0.05, 0) is 75.6 Å². The summed E-state index contributed by atoms with van der Waals surface area (Å²) in [4.78, 5) is 46.0. The van der Waals surface area contributed by atoms with E-state index < -0.39 is 23.7 Å². The normalized spacial score (nSPS) is 15.8. The van der Waals surface area contributed by atoms with Gasteiger partial charge >= 0.3 is 11.9 Å². The molecule has 1 atom stereocenters. The summed E-state index contributed by atoms with van der Waals surface area (Å²) in [5.74, 6) is -1.09. The van der Waals surface area contributed by atoms with Gasteiger partial charge in [0, 0.05) is 5.56 Å². The number of hydrogen-bond acceptors (Lipinski definition) is 10. The summed E-state index contributed by atoms with van der Waals surface area (Å²) < 4.78 is 22.8. The van der Waals surface area contributed by atoms with Crippen LogP contribution in [0.4, 0.5) is 5.13 Å². The minimum atomic E-state index is -1.07. The Hall–Kier alpha value is -4.38. The Balaban J connectivity index is 1.85. The minimum Gasteiger partial charge on any atom is -0.507 e. The van der Waals surface area contributed by atoms with Crippen molar-refractivity contribution in [2.24, 2.45) is 0 Å². The Bertz CT molecular complexity index is 1550. The van der Waals surface area contributed by atoms with E-state index in [4.69, 9.17) is 18.9 Å². The molecule has 1 aliphatic heterocycles. The molecule has 4 rings (SSSR count). The van der Waals surface area contributed by atoms with Gasteiger partial charge in [0.25, 0.3) is 5.78 Å². The third kappa shape index (κ3) is 7.47. The highest BCUT2D eigenvalue weighted by atomic mass is 32.1.